The highest BCUT2D eigenvalue weighted by Gasteiger charge is 2.31. The van der Waals surface area contributed by atoms with Crippen LogP contribution in [0.1, 0.15) is 20.8 Å². The molecule has 0 radical (unpaired) electrons. The van der Waals surface area contributed by atoms with Gasteiger partial charge in [-0.3, -0.25) is 15.1 Å². The minimum absolute atomic E-state index is 0.116. The van der Waals surface area contributed by atoms with E-state index >= 15 is 0 Å². The Labute approximate surface area is 191 Å². The van der Waals surface area contributed by atoms with Gasteiger partial charge in [0.05, 0.1) is 23.5 Å². The lowest BCUT2D eigenvalue weighted by molar-refractivity contribution is -0.140. The number of pyridine rings is 1. The minimum atomic E-state index is -0.411. The zero-order chi connectivity index (χ0) is 22.9. The summed E-state index contributed by atoms with van der Waals surface area (Å²) in [6, 6.07) is 7.70. The fourth-order valence-corrected chi connectivity index (χ4v) is 4.50. The second kappa shape index (κ2) is 8.74. The Balaban J connectivity index is 1.42. The number of rotatable bonds is 3. The summed E-state index contributed by atoms with van der Waals surface area (Å²) >= 11 is 1.43. The molecule has 1 saturated heterocycles. The van der Waals surface area contributed by atoms with E-state index in [0.29, 0.717) is 37.1 Å². The maximum absolute atomic E-state index is 12.7. The number of piperazine rings is 1. The number of methoxy groups -OCH3 is 1. The highest BCUT2D eigenvalue weighted by atomic mass is 32.1. The maximum Gasteiger partial charge on any atom is 0.323 e. The monoisotopic (exact) mass is 453 g/mol. The molecule has 0 saturated carbocycles. The third kappa shape index (κ3) is 4.67. The summed E-state index contributed by atoms with van der Waals surface area (Å²) in [6.45, 7) is 7.84. The Hall–Kier alpha value is -3.20. The van der Waals surface area contributed by atoms with E-state index in [1.165, 1.54) is 11.3 Å². The van der Waals surface area contributed by atoms with Gasteiger partial charge in [-0.05, 0) is 23.8 Å². The van der Waals surface area contributed by atoms with Crippen LogP contribution in [0.4, 0.5) is 9.93 Å². The van der Waals surface area contributed by atoms with Gasteiger partial charge >= 0.3 is 6.03 Å². The van der Waals surface area contributed by atoms with Gasteiger partial charge in [0.25, 0.3) is 0 Å². The summed E-state index contributed by atoms with van der Waals surface area (Å²) in [7, 11) is 1.62. The van der Waals surface area contributed by atoms with Gasteiger partial charge in [-0.15, -0.1) is 0 Å². The van der Waals surface area contributed by atoms with Crippen molar-refractivity contribution < 1.29 is 14.3 Å². The van der Waals surface area contributed by atoms with Crippen LogP contribution < -0.4 is 10.1 Å². The van der Waals surface area contributed by atoms with E-state index in [9.17, 15) is 9.59 Å². The van der Waals surface area contributed by atoms with Crippen LogP contribution in [0, 0.1) is 5.41 Å². The molecule has 0 aliphatic carbocycles. The molecule has 0 bridgehead atoms. The fourth-order valence-electron chi connectivity index (χ4n) is 3.60. The predicted octanol–water partition coefficient (Wildman–Crippen LogP) is 4.09. The molecular formula is C23H27N5O3S. The maximum atomic E-state index is 12.7. The smallest absolute Gasteiger partial charge is 0.323 e. The van der Waals surface area contributed by atoms with Gasteiger partial charge in [0, 0.05) is 43.4 Å². The first kappa shape index (κ1) is 22.0. The number of carbonyl (C=O) groups excluding carboxylic acids is 2. The average Bonchev–Trinajstić information content (AvgIpc) is 3.19. The third-order valence-electron chi connectivity index (χ3n) is 5.38. The SMILES string of the molecule is COc1cncc(-c2ccc3nc(NC(=O)N4CCN(C(=O)C(C)(C)C)CC4)sc3c2)c1. The van der Waals surface area contributed by atoms with E-state index in [1.54, 1.807) is 24.4 Å². The van der Waals surface area contributed by atoms with Gasteiger partial charge in [-0.2, -0.15) is 0 Å². The number of aromatic nitrogens is 2. The molecule has 32 heavy (non-hydrogen) atoms. The van der Waals surface area contributed by atoms with Crippen LogP contribution in [-0.2, 0) is 4.79 Å². The van der Waals surface area contributed by atoms with Crippen LogP contribution in [0.2, 0.25) is 0 Å². The van der Waals surface area contributed by atoms with Gasteiger partial charge < -0.3 is 14.5 Å². The van der Waals surface area contributed by atoms with Crippen molar-refractivity contribution >= 4 is 38.6 Å². The zero-order valence-corrected chi connectivity index (χ0v) is 19.5. The normalized spacial score (nSPS) is 14.5. The van der Waals surface area contributed by atoms with E-state index in [4.69, 9.17) is 4.74 Å². The van der Waals surface area contributed by atoms with E-state index in [-0.39, 0.29) is 11.9 Å². The Kier molecular flexibility index (Phi) is 6.01. The summed E-state index contributed by atoms with van der Waals surface area (Å²) in [4.78, 5) is 37.5. The topological polar surface area (TPSA) is 87.7 Å². The van der Waals surface area contributed by atoms with Crippen molar-refractivity contribution in [2.24, 2.45) is 5.41 Å². The molecule has 8 nitrogen and oxygen atoms in total. The quantitative estimate of drug-likeness (QED) is 0.645. The largest absolute Gasteiger partial charge is 0.495 e. The number of carbonyl (C=O) groups is 2. The van der Waals surface area contributed by atoms with Crippen molar-refractivity contribution in [3.63, 3.8) is 0 Å². The number of hydrogen-bond donors (Lipinski definition) is 1. The van der Waals surface area contributed by atoms with Crippen molar-refractivity contribution in [2.45, 2.75) is 20.8 Å². The molecule has 3 aromatic rings. The second-order valence-corrected chi connectivity index (χ2v) is 9.81. The number of nitrogens with one attached hydrogen (secondary N) is 1. The van der Waals surface area contributed by atoms with Crippen molar-refractivity contribution in [3.05, 3.63) is 36.7 Å². The molecule has 0 unspecified atom stereocenters. The summed E-state index contributed by atoms with van der Waals surface area (Å²) in [6.07, 6.45) is 3.46. The van der Waals surface area contributed by atoms with Crippen LogP contribution in [-0.4, -0.2) is 65.0 Å². The number of nitrogens with zero attached hydrogens (tertiary/aromatic N) is 4. The van der Waals surface area contributed by atoms with E-state index in [1.807, 2.05) is 49.9 Å². The summed E-state index contributed by atoms with van der Waals surface area (Å²) in [5.41, 5.74) is 2.37. The zero-order valence-electron chi connectivity index (χ0n) is 18.7. The first-order valence-corrected chi connectivity index (χ1v) is 11.3. The average molecular weight is 454 g/mol. The molecule has 9 heteroatoms. The first-order chi connectivity index (χ1) is 15.2. The number of amides is 3. The third-order valence-corrected chi connectivity index (χ3v) is 6.31. The lowest BCUT2D eigenvalue weighted by Crippen LogP contribution is -2.53. The number of ether oxygens (including phenoxy) is 1. The van der Waals surface area contributed by atoms with Gasteiger partial charge in [0.15, 0.2) is 5.13 Å². The van der Waals surface area contributed by atoms with Crippen LogP contribution in [0.5, 0.6) is 5.75 Å². The van der Waals surface area contributed by atoms with Crippen LogP contribution in [0.3, 0.4) is 0 Å². The van der Waals surface area contributed by atoms with Crippen LogP contribution >= 0.6 is 11.3 Å². The Morgan fingerprint density at radius 2 is 1.75 bits per heavy atom. The molecule has 1 aliphatic heterocycles. The van der Waals surface area contributed by atoms with Crippen molar-refractivity contribution in [1.82, 2.24) is 19.8 Å². The van der Waals surface area contributed by atoms with Crippen molar-refractivity contribution in [1.29, 1.82) is 0 Å². The Bertz CT molecular complexity index is 1150. The minimum Gasteiger partial charge on any atom is -0.495 e. The second-order valence-electron chi connectivity index (χ2n) is 8.77. The van der Waals surface area contributed by atoms with Crippen LogP contribution in [0.25, 0.3) is 21.3 Å². The predicted molar refractivity (Wildman–Crippen MR) is 126 cm³/mol. The molecule has 1 fully saturated rings. The van der Waals surface area contributed by atoms with Crippen molar-refractivity contribution in [2.75, 3.05) is 38.6 Å². The molecule has 0 spiro atoms. The number of hydrogen-bond acceptors (Lipinski definition) is 6. The van der Waals surface area contributed by atoms with Gasteiger partial charge in [-0.25, -0.2) is 9.78 Å². The summed E-state index contributed by atoms with van der Waals surface area (Å²) < 4.78 is 6.23. The molecule has 1 N–H and O–H groups in total. The molecule has 4 rings (SSSR count). The number of fused-ring (bicyclic) bond motifs is 1. The molecule has 168 valence electrons. The van der Waals surface area contributed by atoms with E-state index < -0.39 is 5.41 Å². The summed E-state index contributed by atoms with van der Waals surface area (Å²) in [5.74, 6) is 0.815. The molecule has 0 atom stereocenters. The number of thiazole rings is 1. The lowest BCUT2D eigenvalue weighted by atomic mass is 9.94. The molecule has 1 aliphatic rings. The van der Waals surface area contributed by atoms with Gasteiger partial charge in [-0.1, -0.05) is 38.2 Å². The Morgan fingerprint density at radius 3 is 2.44 bits per heavy atom. The van der Waals surface area contributed by atoms with Gasteiger partial charge in [0.1, 0.15) is 5.75 Å². The molecule has 3 heterocycles. The lowest BCUT2D eigenvalue weighted by Gasteiger charge is -2.37. The summed E-state index contributed by atoms with van der Waals surface area (Å²) in [5, 5.41) is 3.47. The van der Waals surface area contributed by atoms with Crippen molar-refractivity contribution in [3.8, 4) is 16.9 Å². The van der Waals surface area contributed by atoms with E-state index in [2.05, 4.69) is 15.3 Å². The molecule has 1 aromatic carbocycles. The standard InChI is InChI=1S/C23H27N5O3S/c1-23(2,3)20(29)27-7-9-28(10-8-27)22(30)26-21-25-18-6-5-15(12-19(18)32-21)16-11-17(31-4)14-24-13-16/h5-6,11-14H,7-10H2,1-4H3,(H,25,26,30). The van der Waals surface area contributed by atoms with Gasteiger partial charge in [0.2, 0.25) is 5.91 Å². The first-order valence-electron chi connectivity index (χ1n) is 10.5. The number of benzene rings is 1. The molecular weight excluding hydrogens is 426 g/mol. The molecule has 2 aromatic heterocycles. The van der Waals surface area contributed by atoms with E-state index in [0.717, 1.165) is 21.3 Å². The van der Waals surface area contributed by atoms with Crippen LogP contribution in [0.15, 0.2) is 36.7 Å². The highest BCUT2D eigenvalue weighted by molar-refractivity contribution is 7.22. The fraction of sp³-hybridized carbons (Fsp3) is 0.391. The Morgan fingerprint density at radius 1 is 1.03 bits per heavy atom. The number of urea groups is 1. The highest BCUT2D eigenvalue weighted by Crippen LogP contribution is 2.31. The number of anilines is 1. The molecule has 3 amide bonds.